The van der Waals surface area contributed by atoms with Crippen molar-refractivity contribution >= 4 is 0 Å². The first-order chi connectivity index (χ1) is 9.88. The standard InChI is InChI=1S/C17H18F3N/c1-12(21)9-10-13-5-4-6-14(11-13)15-7-2-3-8-16(15)17(18,19)20/h2-8,11-12H,9-10,21H2,1H3. The molecule has 0 saturated heterocycles. The number of hydrogen-bond acceptors (Lipinski definition) is 1. The summed E-state index contributed by atoms with van der Waals surface area (Å²) in [6, 6.07) is 13.0. The Morgan fingerprint density at radius 1 is 1.05 bits per heavy atom. The second-order valence-corrected chi connectivity index (χ2v) is 5.26. The summed E-state index contributed by atoms with van der Waals surface area (Å²) in [6.45, 7) is 1.92. The molecule has 1 unspecified atom stereocenters. The van der Waals surface area contributed by atoms with Gasteiger partial charge in [-0.1, -0.05) is 42.5 Å². The van der Waals surface area contributed by atoms with E-state index in [0.717, 1.165) is 24.5 Å². The van der Waals surface area contributed by atoms with Crippen molar-refractivity contribution in [3.05, 3.63) is 59.7 Å². The molecule has 2 aromatic carbocycles. The van der Waals surface area contributed by atoms with Crippen molar-refractivity contribution in [3.63, 3.8) is 0 Å². The molecule has 2 rings (SSSR count). The SMILES string of the molecule is CC(N)CCc1cccc(-c2ccccc2C(F)(F)F)c1. The van der Waals surface area contributed by atoms with Gasteiger partial charge in [0.1, 0.15) is 0 Å². The van der Waals surface area contributed by atoms with Gasteiger partial charge in [0.25, 0.3) is 0 Å². The third-order valence-corrected chi connectivity index (χ3v) is 3.36. The lowest BCUT2D eigenvalue weighted by molar-refractivity contribution is -0.137. The summed E-state index contributed by atoms with van der Waals surface area (Å²) in [5, 5.41) is 0. The minimum Gasteiger partial charge on any atom is -0.328 e. The van der Waals surface area contributed by atoms with E-state index in [4.69, 9.17) is 5.73 Å². The molecule has 1 atom stereocenters. The van der Waals surface area contributed by atoms with Crippen LogP contribution in [0.15, 0.2) is 48.5 Å². The summed E-state index contributed by atoms with van der Waals surface area (Å²) in [5.74, 6) is 0. The fourth-order valence-corrected chi connectivity index (χ4v) is 2.27. The van der Waals surface area contributed by atoms with Crippen molar-refractivity contribution in [3.8, 4) is 11.1 Å². The van der Waals surface area contributed by atoms with Crippen molar-refractivity contribution in [1.29, 1.82) is 0 Å². The van der Waals surface area contributed by atoms with Crippen LogP contribution in [0.1, 0.15) is 24.5 Å². The Morgan fingerprint density at radius 2 is 1.76 bits per heavy atom. The number of rotatable bonds is 4. The molecule has 0 heterocycles. The predicted octanol–water partition coefficient (Wildman–Crippen LogP) is 4.65. The molecule has 0 amide bonds. The molecule has 2 N–H and O–H groups in total. The average Bonchev–Trinajstić information content (AvgIpc) is 2.44. The van der Waals surface area contributed by atoms with E-state index in [0.29, 0.717) is 5.56 Å². The fourth-order valence-electron chi connectivity index (χ4n) is 2.27. The minimum atomic E-state index is -4.35. The largest absolute Gasteiger partial charge is 0.417 e. The fraction of sp³-hybridized carbons (Fsp3) is 0.294. The van der Waals surface area contributed by atoms with Crippen LogP contribution in [0, 0.1) is 0 Å². The van der Waals surface area contributed by atoms with Crippen molar-refractivity contribution < 1.29 is 13.2 Å². The lowest BCUT2D eigenvalue weighted by atomic mass is 9.96. The number of alkyl halides is 3. The molecule has 4 heteroatoms. The molecular formula is C17H18F3N. The molecule has 1 nitrogen and oxygen atoms in total. The summed E-state index contributed by atoms with van der Waals surface area (Å²) >= 11 is 0. The normalized spacial score (nSPS) is 13.2. The van der Waals surface area contributed by atoms with Gasteiger partial charge in [-0.2, -0.15) is 13.2 Å². The maximum Gasteiger partial charge on any atom is 0.417 e. The molecule has 21 heavy (non-hydrogen) atoms. The maximum absolute atomic E-state index is 13.1. The monoisotopic (exact) mass is 293 g/mol. The van der Waals surface area contributed by atoms with E-state index in [2.05, 4.69) is 0 Å². The molecule has 0 bridgehead atoms. The Labute approximate surface area is 122 Å². The Hall–Kier alpha value is -1.81. The zero-order valence-corrected chi connectivity index (χ0v) is 11.8. The smallest absolute Gasteiger partial charge is 0.328 e. The third-order valence-electron chi connectivity index (χ3n) is 3.36. The van der Waals surface area contributed by atoms with Gasteiger partial charge in [0.05, 0.1) is 5.56 Å². The van der Waals surface area contributed by atoms with Crippen LogP contribution in [-0.2, 0) is 12.6 Å². The maximum atomic E-state index is 13.1. The summed E-state index contributed by atoms with van der Waals surface area (Å²) < 4.78 is 39.2. The van der Waals surface area contributed by atoms with E-state index in [1.165, 1.54) is 12.1 Å². The molecule has 0 aliphatic carbocycles. The van der Waals surface area contributed by atoms with E-state index < -0.39 is 11.7 Å². The van der Waals surface area contributed by atoms with Crippen LogP contribution in [-0.4, -0.2) is 6.04 Å². The van der Waals surface area contributed by atoms with Crippen LogP contribution in [0.25, 0.3) is 11.1 Å². The van der Waals surface area contributed by atoms with Crippen LogP contribution in [0.3, 0.4) is 0 Å². The first-order valence-electron chi connectivity index (χ1n) is 6.89. The third kappa shape index (κ3) is 4.08. The summed E-state index contributed by atoms with van der Waals surface area (Å²) in [7, 11) is 0. The Kier molecular flexibility index (Phi) is 4.68. The zero-order chi connectivity index (χ0) is 15.5. The van der Waals surface area contributed by atoms with Crippen molar-refractivity contribution in [2.24, 2.45) is 5.73 Å². The summed E-state index contributed by atoms with van der Waals surface area (Å²) in [6.07, 6.45) is -2.78. The van der Waals surface area contributed by atoms with Crippen LogP contribution in [0.5, 0.6) is 0 Å². The lowest BCUT2D eigenvalue weighted by Crippen LogP contribution is -2.15. The van der Waals surface area contributed by atoms with Gasteiger partial charge < -0.3 is 5.73 Å². The van der Waals surface area contributed by atoms with E-state index >= 15 is 0 Å². The van der Waals surface area contributed by atoms with Crippen LogP contribution in [0.4, 0.5) is 13.2 Å². The molecule has 0 aliphatic heterocycles. The molecule has 0 radical (unpaired) electrons. The van der Waals surface area contributed by atoms with Crippen LogP contribution >= 0.6 is 0 Å². The summed E-state index contributed by atoms with van der Waals surface area (Å²) in [5.41, 5.74) is 6.92. The van der Waals surface area contributed by atoms with E-state index in [9.17, 15) is 13.2 Å². The number of nitrogens with two attached hydrogens (primary N) is 1. The van der Waals surface area contributed by atoms with Crippen molar-refractivity contribution in [2.75, 3.05) is 0 Å². The van der Waals surface area contributed by atoms with E-state index in [1.54, 1.807) is 18.2 Å². The van der Waals surface area contributed by atoms with Crippen molar-refractivity contribution in [1.82, 2.24) is 0 Å². The van der Waals surface area contributed by atoms with Gasteiger partial charge in [-0.25, -0.2) is 0 Å². The molecule has 0 aromatic heterocycles. The lowest BCUT2D eigenvalue weighted by Gasteiger charge is -2.14. The van der Waals surface area contributed by atoms with Crippen LogP contribution in [0.2, 0.25) is 0 Å². The zero-order valence-electron chi connectivity index (χ0n) is 11.8. The first kappa shape index (κ1) is 15.6. The second kappa shape index (κ2) is 6.31. The number of aryl methyl sites for hydroxylation is 1. The summed E-state index contributed by atoms with van der Waals surface area (Å²) in [4.78, 5) is 0. The highest BCUT2D eigenvalue weighted by Gasteiger charge is 2.33. The predicted molar refractivity (Wildman–Crippen MR) is 78.9 cm³/mol. The van der Waals surface area contributed by atoms with Gasteiger partial charge in [0, 0.05) is 6.04 Å². The van der Waals surface area contributed by atoms with E-state index in [1.807, 2.05) is 19.1 Å². The van der Waals surface area contributed by atoms with Gasteiger partial charge in [-0.15, -0.1) is 0 Å². The topological polar surface area (TPSA) is 26.0 Å². The Bertz CT molecular complexity index is 603. The van der Waals surface area contributed by atoms with Gasteiger partial charge in [-0.3, -0.25) is 0 Å². The molecule has 2 aromatic rings. The average molecular weight is 293 g/mol. The molecule has 0 fully saturated rings. The Morgan fingerprint density at radius 3 is 2.43 bits per heavy atom. The highest BCUT2D eigenvalue weighted by Crippen LogP contribution is 2.37. The first-order valence-corrected chi connectivity index (χ1v) is 6.89. The van der Waals surface area contributed by atoms with Gasteiger partial charge in [0.15, 0.2) is 0 Å². The highest BCUT2D eigenvalue weighted by atomic mass is 19.4. The quantitative estimate of drug-likeness (QED) is 0.872. The molecule has 0 saturated carbocycles. The van der Waals surface area contributed by atoms with Crippen molar-refractivity contribution in [2.45, 2.75) is 32.0 Å². The van der Waals surface area contributed by atoms with Gasteiger partial charge in [-0.05, 0) is 42.5 Å². The highest BCUT2D eigenvalue weighted by molar-refractivity contribution is 5.68. The Balaban J connectivity index is 2.37. The van der Waals surface area contributed by atoms with Gasteiger partial charge >= 0.3 is 6.18 Å². The molecular weight excluding hydrogens is 275 g/mol. The minimum absolute atomic E-state index is 0.0797. The van der Waals surface area contributed by atoms with E-state index in [-0.39, 0.29) is 11.6 Å². The van der Waals surface area contributed by atoms with Gasteiger partial charge in [0.2, 0.25) is 0 Å². The van der Waals surface area contributed by atoms with Crippen LogP contribution < -0.4 is 5.73 Å². The number of halogens is 3. The number of benzene rings is 2. The molecule has 0 aliphatic rings. The molecule has 112 valence electrons. The second-order valence-electron chi connectivity index (χ2n) is 5.26. The molecule has 0 spiro atoms. The number of hydrogen-bond donors (Lipinski definition) is 1.